The fourth-order valence-corrected chi connectivity index (χ4v) is 1.08. The Bertz CT molecular complexity index is 113. The maximum absolute atomic E-state index is 10.1. The van der Waals surface area contributed by atoms with Gasteiger partial charge in [-0.05, 0) is 18.1 Å². The van der Waals surface area contributed by atoms with Crippen molar-refractivity contribution in [2.24, 2.45) is 0 Å². The molecule has 0 aromatic carbocycles. The van der Waals surface area contributed by atoms with Gasteiger partial charge in [0.05, 0.1) is 0 Å². The third-order valence-electron chi connectivity index (χ3n) is 1.51. The molecule has 0 bridgehead atoms. The predicted molar refractivity (Wildman–Crippen MR) is 49.2 cm³/mol. The normalized spacial score (nSPS) is 12.9. The van der Waals surface area contributed by atoms with Crippen LogP contribution in [0.4, 0.5) is 0 Å². The third-order valence-corrected chi connectivity index (χ3v) is 1.77. The third kappa shape index (κ3) is 9.82. The van der Waals surface area contributed by atoms with E-state index in [1.54, 1.807) is 0 Å². The van der Waals surface area contributed by atoms with E-state index in [1.807, 2.05) is 0 Å². The van der Waals surface area contributed by atoms with E-state index in [-0.39, 0.29) is 0 Å². The Kier molecular flexibility index (Phi) is 6.42. The molecular weight excluding hydrogens is 160 g/mol. The number of hydrogen-bond acceptors (Lipinski definition) is 2. The Hall–Kier alpha value is -0.180. The van der Waals surface area contributed by atoms with E-state index in [2.05, 4.69) is 19.6 Å². The summed E-state index contributed by atoms with van der Waals surface area (Å²) in [7, 11) is 0. The summed E-state index contributed by atoms with van der Waals surface area (Å²) in [6, 6.07) is 0. The first-order valence-corrected chi connectivity index (χ1v) is 4.54. The lowest BCUT2D eigenvalue weighted by atomic mass is 10.1. The lowest BCUT2D eigenvalue weighted by Gasteiger charge is -2.01. The van der Waals surface area contributed by atoms with Crippen LogP contribution in [0.5, 0.6) is 0 Å². The molecule has 2 nitrogen and oxygen atoms in total. The monoisotopic (exact) mass is 176 g/mol. The number of hydrogen-bond donors (Lipinski definition) is 2. The first-order chi connectivity index (χ1) is 5.13. The molecule has 0 saturated heterocycles. The minimum Gasteiger partial charge on any atom is -0.481 e. The molecule has 3 heteroatoms. The predicted octanol–water partition coefficient (Wildman–Crippen LogP) is 2.34. The van der Waals surface area contributed by atoms with E-state index in [9.17, 15) is 4.79 Å². The van der Waals surface area contributed by atoms with Crippen LogP contribution in [-0.4, -0.2) is 16.3 Å². The van der Waals surface area contributed by atoms with Gasteiger partial charge < -0.3 is 5.11 Å². The van der Waals surface area contributed by atoms with Gasteiger partial charge in [0.2, 0.25) is 0 Å². The molecule has 1 N–H and O–H groups in total. The van der Waals surface area contributed by atoms with Crippen molar-refractivity contribution in [2.45, 2.75) is 44.3 Å². The van der Waals surface area contributed by atoms with Crippen molar-refractivity contribution in [1.29, 1.82) is 0 Å². The molecule has 0 aliphatic heterocycles. The van der Waals surface area contributed by atoms with Crippen LogP contribution in [0.1, 0.15) is 39.0 Å². The topological polar surface area (TPSA) is 37.3 Å². The summed E-state index contributed by atoms with van der Waals surface area (Å²) in [6.45, 7) is 2.06. The summed E-state index contributed by atoms with van der Waals surface area (Å²) in [4.78, 5) is 10.1. The summed E-state index contributed by atoms with van der Waals surface area (Å²) in [6.07, 6.45) is 4.30. The van der Waals surface area contributed by atoms with Crippen LogP contribution < -0.4 is 0 Å². The summed E-state index contributed by atoms with van der Waals surface area (Å²) < 4.78 is 0. The molecule has 0 fully saturated rings. The maximum atomic E-state index is 10.1. The van der Waals surface area contributed by atoms with Gasteiger partial charge in [-0.2, -0.15) is 12.6 Å². The zero-order valence-electron chi connectivity index (χ0n) is 6.92. The Labute approximate surface area is 73.4 Å². The molecule has 11 heavy (non-hydrogen) atoms. The molecule has 0 amide bonds. The highest BCUT2D eigenvalue weighted by molar-refractivity contribution is 7.80. The maximum Gasteiger partial charge on any atom is 0.303 e. The molecule has 1 atom stereocenters. The van der Waals surface area contributed by atoms with Crippen LogP contribution in [0.25, 0.3) is 0 Å². The van der Waals surface area contributed by atoms with E-state index >= 15 is 0 Å². The van der Waals surface area contributed by atoms with E-state index < -0.39 is 5.97 Å². The molecular formula is C8H16O2S. The number of carboxylic acids is 1. The number of unbranched alkanes of at least 4 members (excludes halogenated alkanes) is 2. The number of carbonyl (C=O) groups is 1. The Morgan fingerprint density at radius 3 is 2.55 bits per heavy atom. The second kappa shape index (κ2) is 6.53. The zero-order valence-corrected chi connectivity index (χ0v) is 7.81. The standard InChI is InChI=1S/C8H16O2S/c1-7(11)5-3-2-4-6-8(9)10/h7,11H,2-6H2,1H3,(H,9,10). The molecule has 0 aliphatic rings. The molecule has 0 aromatic rings. The van der Waals surface area contributed by atoms with Gasteiger partial charge in [-0.3, -0.25) is 4.79 Å². The van der Waals surface area contributed by atoms with Crippen LogP contribution >= 0.6 is 12.6 Å². The summed E-state index contributed by atoms with van der Waals surface area (Å²) >= 11 is 4.22. The molecule has 1 unspecified atom stereocenters. The van der Waals surface area contributed by atoms with Gasteiger partial charge in [0.15, 0.2) is 0 Å². The van der Waals surface area contributed by atoms with Gasteiger partial charge in [-0.1, -0.05) is 19.8 Å². The smallest absolute Gasteiger partial charge is 0.303 e. The quantitative estimate of drug-likeness (QED) is 0.481. The number of carboxylic acid groups (broad SMARTS) is 1. The SMILES string of the molecule is CC(S)CCCCCC(=O)O. The fourth-order valence-electron chi connectivity index (χ4n) is 0.893. The molecule has 0 rings (SSSR count). The lowest BCUT2D eigenvalue weighted by molar-refractivity contribution is -0.137. The highest BCUT2D eigenvalue weighted by Crippen LogP contribution is 2.08. The molecule has 0 radical (unpaired) electrons. The molecule has 0 heterocycles. The van der Waals surface area contributed by atoms with Crippen molar-refractivity contribution < 1.29 is 9.90 Å². The molecule has 0 aromatic heterocycles. The molecule has 0 aliphatic carbocycles. The summed E-state index contributed by atoms with van der Waals surface area (Å²) in [5, 5.41) is 8.75. The second-order valence-corrected chi connectivity index (χ2v) is 3.72. The van der Waals surface area contributed by atoms with E-state index in [1.165, 1.54) is 0 Å². The van der Waals surface area contributed by atoms with Crippen molar-refractivity contribution in [1.82, 2.24) is 0 Å². The van der Waals surface area contributed by atoms with Gasteiger partial charge in [-0.25, -0.2) is 0 Å². The van der Waals surface area contributed by atoms with Crippen molar-refractivity contribution in [3.05, 3.63) is 0 Å². The van der Waals surface area contributed by atoms with Gasteiger partial charge in [0.25, 0.3) is 0 Å². The highest BCUT2D eigenvalue weighted by Gasteiger charge is 1.97. The largest absolute Gasteiger partial charge is 0.481 e. The Balaban J connectivity index is 2.97. The van der Waals surface area contributed by atoms with Crippen molar-refractivity contribution in [3.8, 4) is 0 Å². The van der Waals surface area contributed by atoms with Crippen LogP contribution in [0.2, 0.25) is 0 Å². The van der Waals surface area contributed by atoms with Crippen molar-refractivity contribution >= 4 is 18.6 Å². The average molecular weight is 176 g/mol. The summed E-state index contributed by atoms with van der Waals surface area (Å²) in [5.41, 5.74) is 0. The van der Waals surface area contributed by atoms with Gasteiger partial charge in [0, 0.05) is 6.42 Å². The molecule has 0 saturated carbocycles. The highest BCUT2D eigenvalue weighted by atomic mass is 32.1. The number of aliphatic carboxylic acids is 1. The van der Waals surface area contributed by atoms with E-state index in [4.69, 9.17) is 5.11 Å². The first-order valence-electron chi connectivity index (χ1n) is 4.03. The minimum atomic E-state index is -0.691. The number of thiol groups is 1. The second-order valence-electron chi connectivity index (χ2n) is 2.84. The zero-order chi connectivity index (χ0) is 8.69. The van der Waals surface area contributed by atoms with Crippen molar-refractivity contribution in [2.75, 3.05) is 0 Å². The van der Waals surface area contributed by atoms with Crippen LogP contribution in [-0.2, 0) is 4.79 Å². The van der Waals surface area contributed by atoms with E-state index in [0.717, 1.165) is 25.7 Å². The minimum absolute atomic E-state index is 0.307. The number of rotatable bonds is 6. The van der Waals surface area contributed by atoms with E-state index in [0.29, 0.717) is 11.7 Å². The van der Waals surface area contributed by atoms with Crippen LogP contribution in [0, 0.1) is 0 Å². The Morgan fingerprint density at radius 2 is 2.09 bits per heavy atom. The molecule has 0 spiro atoms. The van der Waals surface area contributed by atoms with Gasteiger partial charge in [0.1, 0.15) is 0 Å². The summed E-state index contributed by atoms with van der Waals surface area (Å²) in [5.74, 6) is -0.691. The van der Waals surface area contributed by atoms with Crippen LogP contribution in [0.3, 0.4) is 0 Å². The van der Waals surface area contributed by atoms with Crippen molar-refractivity contribution in [3.63, 3.8) is 0 Å². The first kappa shape index (κ1) is 10.8. The Morgan fingerprint density at radius 1 is 1.45 bits per heavy atom. The molecule has 66 valence electrons. The van der Waals surface area contributed by atoms with Crippen LogP contribution in [0.15, 0.2) is 0 Å². The fraction of sp³-hybridized carbons (Fsp3) is 0.875. The van der Waals surface area contributed by atoms with Gasteiger partial charge >= 0.3 is 5.97 Å². The van der Waals surface area contributed by atoms with Gasteiger partial charge in [-0.15, -0.1) is 0 Å². The average Bonchev–Trinajstić information content (AvgIpc) is 1.85. The lowest BCUT2D eigenvalue weighted by Crippen LogP contribution is -1.95.